The minimum absolute atomic E-state index is 0.830. The number of hydrogen-bond donors (Lipinski definition) is 1. The van der Waals surface area contributed by atoms with Crippen molar-refractivity contribution < 1.29 is 0 Å². The van der Waals surface area contributed by atoms with Crippen molar-refractivity contribution in [1.82, 2.24) is 5.32 Å². The van der Waals surface area contributed by atoms with Crippen LogP contribution in [0.2, 0.25) is 0 Å². The first-order valence-electron chi connectivity index (χ1n) is 8.03. The highest BCUT2D eigenvalue weighted by atomic mass is 14.9. The summed E-state index contributed by atoms with van der Waals surface area (Å²) in [5.74, 6) is 1.99. The second-order valence-electron chi connectivity index (χ2n) is 5.99. The summed E-state index contributed by atoms with van der Waals surface area (Å²) in [6.07, 6.45) is 12.7. The molecule has 0 spiro atoms. The smallest absolute Gasteiger partial charge is 0.00979 e. The fourth-order valence-electron chi connectivity index (χ4n) is 2.85. The van der Waals surface area contributed by atoms with Crippen LogP contribution in [0.15, 0.2) is 0 Å². The summed E-state index contributed by atoms with van der Waals surface area (Å²) in [7, 11) is 0. The van der Waals surface area contributed by atoms with Crippen LogP contribution in [0.3, 0.4) is 0 Å². The quantitative estimate of drug-likeness (QED) is 0.513. The molecule has 1 fully saturated rings. The minimum atomic E-state index is 0.830. The molecular weight excluding hydrogens is 206 g/mol. The zero-order valence-electron chi connectivity index (χ0n) is 12.3. The zero-order chi connectivity index (χ0) is 12.5. The second kappa shape index (κ2) is 8.97. The lowest BCUT2D eigenvalue weighted by molar-refractivity contribution is 0.402. The molecule has 0 aromatic carbocycles. The van der Waals surface area contributed by atoms with E-state index in [2.05, 4.69) is 26.1 Å². The number of hydrogen-bond acceptors (Lipinski definition) is 1. The highest BCUT2D eigenvalue weighted by Crippen LogP contribution is 2.42. The van der Waals surface area contributed by atoms with Crippen molar-refractivity contribution in [1.29, 1.82) is 0 Å². The third kappa shape index (κ3) is 6.45. The maximum Gasteiger partial charge on any atom is 0.00979 e. The molecule has 1 N–H and O–H groups in total. The summed E-state index contributed by atoms with van der Waals surface area (Å²) in [5, 5.41) is 3.76. The van der Waals surface area contributed by atoms with E-state index in [9.17, 15) is 0 Å². The topological polar surface area (TPSA) is 12.0 Å². The predicted octanol–water partition coefficient (Wildman–Crippen LogP) is 4.76. The molecule has 1 rings (SSSR count). The van der Waals surface area contributed by atoms with E-state index in [4.69, 9.17) is 0 Å². The molecule has 1 aliphatic rings. The van der Waals surface area contributed by atoms with Crippen LogP contribution in [-0.2, 0) is 0 Å². The normalized spacial score (nSPS) is 24.9. The summed E-state index contributed by atoms with van der Waals surface area (Å²) >= 11 is 0. The Morgan fingerprint density at radius 2 is 1.65 bits per heavy atom. The first-order valence-corrected chi connectivity index (χ1v) is 8.03. The van der Waals surface area contributed by atoms with Crippen molar-refractivity contribution in [3.63, 3.8) is 0 Å². The lowest BCUT2D eigenvalue weighted by Gasteiger charge is -2.18. The minimum Gasteiger partial charge on any atom is -0.314 e. The van der Waals surface area contributed by atoms with Gasteiger partial charge in [0, 0.05) is 6.04 Å². The first-order chi connectivity index (χ1) is 8.29. The van der Waals surface area contributed by atoms with E-state index in [-0.39, 0.29) is 0 Å². The van der Waals surface area contributed by atoms with Gasteiger partial charge in [-0.2, -0.15) is 0 Å². The van der Waals surface area contributed by atoms with Gasteiger partial charge in [0.05, 0.1) is 0 Å². The van der Waals surface area contributed by atoms with Crippen molar-refractivity contribution in [3.05, 3.63) is 0 Å². The SMILES string of the molecule is CCCCCCCCC(NCCC)C1CC1C. The Balaban J connectivity index is 2.03. The predicted molar refractivity (Wildman–Crippen MR) is 77.3 cm³/mol. The van der Waals surface area contributed by atoms with Gasteiger partial charge in [0.1, 0.15) is 0 Å². The van der Waals surface area contributed by atoms with Crippen molar-refractivity contribution in [3.8, 4) is 0 Å². The van der Waals surface area contributed by atoms with Crippen LogP contribution in [-0.4, -0.2) is 12.6 Å². The van der Waals surface area contributed by atoms with Crippen LogP contribution in [0.1, 0.15) is 78.6 Å². The summed E-state index contributed by atoms with van der Waals surface area (Å²) in [6, 6.07) is 0.830. The molecule has 1 saturated carbocycles. The van der Waals surface area contributed by atoms with Gasteiger partial charge in [0.15, 0.2) is 0 Å². The summed E-state index contributed by atoms with van der Waals surface area (Å²) in [6.45, 7) is 8.18. The van der Waals surface area contributed by atoms with Gasteiger partial charge in [-0.3, -0.25) is 0 Å². The fraction of sp³-hybridized carbons (Fsp3) is 1.00. The average Bonchev–Trinajstić information content (AvgIpc) is 3.04. The first kappa shape index (κ1) is 15.0. The molecule has 1 nitrogen and oxygen atoms in total. The second-order valence-corrected chi connectivity index (χ2v) is 5.99. The van der Waals surface area contributed by atoms with E-state index in [1.54, 1.807) is 0 Å². The van der Waals surface area contributed by atoms with Gasteiger partial charge in [-0.1, -0.05) is 59.3 Å². The Hall–Kier alpha value is -0.0400. The molecule has 0 amide bonds. The largest absolute Gasteiger partial charge is 0.314 e. The van der Waals surface area contributed by atoms with Gasteiger partial charge in [-0.15, -0.1) is 0 Å². The lowest BCUT2D eigenvalue weighted by atomic mass is 10.0. The van der Waals surface area contributed by atoms with Crippen LogP contribution in [0.4, 0.5) is 0 Å². The highest BCUT2D eigenvalue weighted by Gasteiger charge is 2.38. The maximum absolute atomic E-state index is 3.76. The Labute approximate surface area is 109 Å². The molecular formula is C16H33N. The zero-order valence-corrected chi connectivity index (χ0v) is 12.3. The fourth-order valence-corrected chi connectivity index (χ4v) is 2.85. The van der Waals surface area contributed by atoms with Crippen molar-refractivity contribution >= 4 is 0 Å². The van der Waals surface area contributed by atoms with E-state index in [0.29, 0.717) is 0 Å². The third-order valence-corrected chi connectivity index (χ3v) is 4.21. The molecule has 0 heterocycles. The summed E-state index contributed by atoms with van der Waals surface area (Å²) < 4.78 is 0. The molecule has 102 valence electrons. The third-order valence-electron chi connectivity index (χ3n) is 4.21. The molecule has 0 radical (unpaired) electrons. The average molecular weight is 239 g/mol. The van der Waals surface area contributed by atoms with Gasteiger partial charge in [0.2, 0.25) is 0 Å². The Bertz CT molecular complexity index is 178. The van der Waals surface area contributed by atoms with Gasteiger partial charge in [0.25, 0.3) is 0 Å². The molecule has 1 aliphatic carbocycles. The van der Waals surface area contributed by atoms with Crippen LogP contribution in [0.25, 0.3) is 0 Å². The molecule has 0 bridgehead atoms. The summed E-state index contributed by atoms with van der Waals surface area (Å²) in [4.78, 5) is 0. The maximum atomic E-state index is 3.76. The highest BCUT2D eigenvalue weighted by molar-refractivity contribution is 4.92. The van der Waals surface area contributed by atoms with Crippen LogP contribution in [0.5, 0.6) is 0 Å². The van der Waals surface area contributed by atoms with Gasteiger partial charge in [-0.25, -0.2) is 0 Å². The van der Waals surface area contributed by atoms with Crippen molar-refractivity contribution in [2.75, 3.05) is 6.54 Å². The van der Waals surface area contributed by atoms with Gasteiger partial charge >= 0.3 is 0 Å². The van der Waals surface area contributed by atoms with E-state index in [1.807, 2.05) is 0 Å². The molecule has 1 heteroatoms. The standard InChI is InChI=1S/C16H33N/c1-4-6-7-8-9-10-11-16(17-12-5-2)15-13-14(15)3/h14-17H,4-13H2,1-3H3. The number of rotatable bonds is 11. The lowest BCUT2D eigenvalue weighted by Crippen LogP contribution is -2.32. The molecule has 3 unspecified atom stereocenters. The molecule has 0 saturated heterocycles. The van der Waals surface area contributed by atoms with E-state index in [0.717, 1.165) is 17.9 Å². The van der Waals surface area contributed by atoms with E-state index < -0.39 is 0 Å². The van der Waals surface area contributed by atoms with Crippen molar-refractivity contribution in [2.45, 2.75) is 84.6 Å². The molecule has 0 aromatic heterocycles. The number of unbranched alkanes of at least 4 members (excludes halogenated alkanes) is 5. The molecule has 0 aromatic rings. The number of nitrogens with one attached hydrogen (secondary N) is 1. The van der Waals surface area contributed by atoms with Gasteiger partial charge < -0.3 is 5.32 Å². The monoisotopic (exact) mass is 239 g/mol. The van der Waals surface area contributed by atoms with E-state index in [1.165, 1.54) is 64.3 Å². The van der Waals surface area contributed by atoms with Crippen LogP contribution in [0, 0.1) is 11.8 Å². The summed E-state index contributed by atoms with van der Waals surface area (Å²) in [5.41, 5.74) is 0. The Kier molecular flexibility index (Phi) is 7.92. The molecule has 3 atom stereocenters. The van der Waals surface area contributed by atoms with E-state index >= 15 is 0 Å². The molecule has 0 aliphatic heterocycles. The molecule has 17 heavy (non-hydrogen) atoms. The van der Waals surface area contributed by atoms with Crippen LogP contribution >= 0.6 is 0 Å². The van der Waals surface area contributed by atoms with Gasteiger partial charge in [-0.05, 0) is 37.6 Å². The van der Waals surface area contributed by atoms with Crippen molar-refractivity contribution in [2.24, 2.45) is 11.8 Å². The Morgan fingerprint density at radius 3 is 2.24 bits per heavy atom. The Morgan fingerprint density at radius 1 is 1.00 bits per heavy atom. The van der Waals surface area contributed by atoms with Crippen LogP contribution < -0.4 is 5.32 Å².